The third-order valence-electron chi connectivity index (χ3n) is 13.3. The van der Waals surface area contributed by atoms with E-state index < -0.39 is 20.0 Å². The summed E-state index contributed by atoms with van der Waals surface area (Å²) in [6.45, 7) is 4.82. The molecule has 0 fully saturated rings. The quantitative estimate of drug-likeness (QED) is 0.0243. The Hall–Kier alpha value is -1.28. The van der Waals surface area contributed by atoms with Crippen molar-refractivity contribution >= 4 is 13.7 Å². The van der Waals surface area contributed by atoms with Crippen LogP contribution in [-0.4, -0.2) is 73.4 Å². The number of aliphatic hydroxyl groups excluding tert-OH is 1. The number of nitrogens with zero attached hydrogens (tertiary/aromatic N) is 1. The monoisotopic (exact) mass is 980 g/mol. The molecule has 402 valence electrons. The largest absolute Gasteiger partial charge is 0.472 e. The van der Waals surface area contributed by atoms with Gasteiger partial charge in [0.15, 0.2) is 0 Å². The summed E-state index contributed by atoms with van der Waals surface area (Å²) in [5, 5.41) is 13.9. The van der Waals surface area contributed by atoms with Crippen LogP contribution in [0.5, 0.6) is 0 Å². The second-order valence-corrected chi connectivity index (χ2v) is 22.8. The number of allylic oxidation sites excluding steroid dienone is 5. The summed E-state index contributed by atoms with van der Waals surface area (Å²) >= 11 is 0. The summed E-state index contributed by atoms with van der Waals surface area (Å²) in [4.78, 5) is 23.3. The first-order chi connectivity index (χ1) is 33.0. The smallest absolute Gasteiger partial charge is 0.387 e. The fraction of sp³-hybridized carbons (Fsp3) is 0.881. The number of hydrogen-bond donors (Lipinski definition) is 3. The number of carbonyl (C=O) groups excluding carboxylic acids is 1. The number of likely N-dealkylation sites (N-methyl/N-ethyl adjacent to an activating group) is 1. The van der Waals surface area contributed by atoms with Crippen LogP contribution in [0.25, 0.3) is 0 Å². The molecule has 0 spiro atoms. The lowest BCUT2D eigenvalue weighted by Gasteiger charge is -2.25. The number of phosphoric acid groups is 1. The standard InChI is InChI=1S/C59H115N2O6P/c1-6-8-10-12-14-16-18-20-22-23-24-25-26-27-28-29-30-31-32-33-34-35-36-37-39-41-43-45-47-49-51-53-59(63)60-57(56-67-68(64,65)66-55-54-61(3,4)5)58(62)52-50-48-46-44-42-40-38-21-19-17-15-13-11-9-7-2/h27-28,42,44,50,52,57-58,62H,6-26,29-41,43,45-49,51,53-56H2,1-5H3,(H-,60,63,64,65)/p+1/b28-27-,44-42+,52-50+. The predicted octanol–water partition coefficient (Wildman–Crippen LogP) is 17.8. The number of unbranched alkanes of at least 4 members (excludes halogenated alkanes) is 37. The highest BCUT2D eigenvalue weighted by atomic mass is 31.2. The van der Waals surface area contributed by atoms with Gasteiger partial charge < -0.3 is 19.8 Å². The number of quaternary nitrogens is 1. The van der Waals surface area contributed by atoms with Gasteiger partial charge in [-0.1, -0.05) is 256 Å². The number of aliphatic hydroxyl groups is 1. The normalized spacial score (nSPS) is 14.2. The van der Waals surface area contributed by atoms with Gasteiger partial charge in [0, 0.05) is 6.42 Å². The Morgan fingerprint density at radius 1 is 0.485 bits per heavy atom. The fourth-order valence-corrected chi connectivity index (χ4v) is 9.44. The molecule has 0 aliphatic carbocycles. The highest BCUT2D eigenvalue weighted by molar-refractivity contribution is 7.47. The van der Waals surface area contributed by atoms with Crippen molar-refractivity contribution in [3.05, 3.63) is 36.5 Å². The van der Waals surface area contributed by atoms with Crippen molar-refractivity contribution in [1.82, 2.24) is 5.32 Å². The summed E-state index contributed by atoms with van der Waals surface area (Å²) in [5.41, 5.74) is 0. The van der Waals surface area contributed by atoms with Crippen LogP contribution in [0.4, 0.5) is 0 Å². The van der Waals surface area contributed by atoms with Crippen molar-refractivity contribution in [2.75, 3.05) is 40.9 Å². The molecule has 0 aromatic rings. The van der Waals surface area contributed by atoms with Crippen molar-refractivity contribution in [1.29, 1.82) is 0 Å². The number of carbonyl (C=O) groups is 1. The number of phosphoric ester groups is 1. The molecular formula is C59H116N2O6P+. The van der Waals surface area contributed by atoms with E-state index in [0.717, 1.165) is 38.5 Å². The van der Waals surface area contributed by atoms with Gasteiger partial charge in [-0.05, 0) is 57.8 Å². The Kier molecular flexibility index (Phi) is 49.7. The first-order valence-corrected chi connectivity index (χ1v) is 30.9. The fourth-order valence-electron chi connectivity index (χ4n) is 8.70. The zero-order valence-corrected chi connectivity index (χ0v) is 46.8. The van der Waals surface area contributed by atoms with Gasteiger partial charge in [0.1, 0.15) is 13.2 Å². The molecule has 0 heterocycles. The predicted molar refractivity (Wildman–Crippen MR) is 295 cm³/mol. The van der Waals surface area contributed by atoms with E-state index in [-0.39, 0.29) is 19.1 Å². The molecule has 3 N–H and O–H groups in total. The molecule has 3 atom stereocenters. The first-order valence-electron chi connectivity index (χ1n) is 29.4. The highest BCUT2D eigenvalue weighted by Crippen LogP contribution is 2.43. The third-order valence-corrected chi connectivity index (χ3v) is 14.3. The Morgan fingerprint density at radius 3 is 1.18 bits per heavy atom. The number of nitrogens with one attached hydrogen (secondary N) is 1. The zero-order chi connectivity index (χ0) is 49.9. The molecular weight excluding hydrogens is 864 g/mol. The van der Waals surface area contributed by atoms with Crippen LogP contribution in [0.15, 0.2) is 36.5 Å². The van der Waals surface area contributed by atoms with Gasteiger partial charge in [-0.15, -0.1) is 0 Å². The van der Waals surface area contributed by atoms with Crippen LogP contribution in [0, 0.1) is 0 Å². The maximum absolute atomic E-state index is 13.0. The van der Waals surface area contributed by atoms with E-state index in [9.17, 15) is 19.4 Å². The number of hydrogen-bond acceptors (Lipinski definition) is 5. The Bertz CT molecular complexity index is 1200. The van der Waals surface area contributed by atoms with Crippen LogP contribution >= 0.6 is 7.82 Å². The zero-order valence-electron chi connectivity index (χ0n) is 45.9. The van der Waals surface area contributed by atoms with Crippen molar-refractivity contribution in [2.24, 2.45) is 0 Å². The van der Waals surface area contributed by atoms with Gasteiger partial charge in [0.05, 0.1) is 39.9 Å². The number of amides is 1. The molecule has 0 radical (unpaired) electrons. The van der Waals surface area contributed by atoms with E-state index in [1.807, 2.05) is 27.2 Å². The maximum atomic E-state index is 13.0. The van der Waals surface area contributed by atoms with Crippen molar-refractivity contribution in [3.63, 3.8) is 0 Å². The molecule has 0 aliphatic rings. The van der Waals surface area contributed by atoms with E-state index in [1.54, 1.807) is 6.08 Å². The van der Waals surface area contributed by atoms with Crippen LogP contribution in [0.1, 0.15) is 284 Å². The summed E-state index contributed by atoms with van der Waals surface area (Å²) in [6.07, 6.45) is 65.5. The second-order valence-electron chi connectivity index (χ2n) is 21.4. The Balaban J connectivity index is 4.08. The molecule has 0 aromatic carbocycles. The average molecular weight is 981 g/mol. The van der Waals surface area contributed by atoms with Crippen LogP contribution in [0.3, 0.4) is 0 Å². The Morgan fingerprint density at radius 2 is 0.809 bits per heavy atom. The average Bonchev–Trinajstić information content (AvgIpc) is 3.30. The molecule has 1 amide bonds. The molecule has 3 unspecified atom stereocenters. The third kappa shape index (κ3) is 52.5. The van der Waals surface area contributed by atoms with E-state index in [4.69, 9.17) is 9.05 Å². The van der Waals surface area contributed by atoms with Gasteiger partial charge in [0.2, 0.25) is 5.91 Å². The van der Waals surface area contributed by atoms with E-state index in [1.165, 1.54) is 225 Å². The molecule has 0 saturated carbocycles. The topological polar surface area (TPSA) is 105 Å². The molecule has 0 aliphatic heterocycles. The number of rotatable bonds is 54. The first kappa shape index (κ1) is 66.7. The summed E-state index contributed by atoms with van der Waals surface area (Å²) in [7, 11) is 1.56. The molecule has 0 aromatic heterocycles. The lowest BCUT2D eigenvalue weighted by molar-refractivity contribution is -0.870. The van der Waals surface area contributed by atoms with Crippen LogP contribution in [0.2, 0.25) is 0 Å². The summed E-state index contributed by atoms with van der Waals surface area (Å²) in [5.74, 6) is -0.184. The molecule has 68 heavy (non-hydrogen) atoms. The van der Waals surface area contributed by atoms with Gasteiger partial charge in [0.25, 0.3) is 0 Å². The van der Waals surface area contributed by atoms with Crippen molar-refractivity contribution < 1.29 is 32.9 Å². The van der Waals surface area contributed by atoms with E-state index >= 15 is 0 Å². The molecule has 0 rings (SSSR count). The Labute approximate surface area is 423 Å². The van der Waals surface area contributed by atoms with Gasteiger partial charge in [-0.3, -0.25) is 13.8 Å². The maximum Gasteiger partial charge on any atom is 0.472 e. The molecule has 8 nitrogen and oxygen atoms in total. The van der Waals surface area contributed by atoms with Gasteiger partial charge in [-0.25, -0.2) is 4.57 Å². The molecule has 9 heteroatoms. The minimum Gasteiger partial charge on any atom is -0.387 e. The minimum atomic E-state index is -4.35. The van der Waals surface area contributed by atoms with Crippen molar-refractivity contribution in [3.8, 4) is 0 Å². The highest BCUT2D eigenvalue weighted by Gasteiger charge is 2.27. The molecule has 0 bridgehead atoms. The van der Waals surface area contributed by atoms with Gasteiger partial charge >= 0.3 is 7.82 Å². The van der Waals surface area contributed by atoms with Crippen molar-refractivity contribution in [2.45, 2.75) is 296 Å². The van der Waals surface area contributed by atoms with E-state index in [2.05, 4.69) is 43.5 Å². The minimum absolute atomic E-state index is 0.0572. The lowest BCUT2D eigenvalue weighted by atomic mass is 10.0. The summed E-state index contributed by atoms with van der Waals surface area (Å²) < 4.78 is 23.7. The van der Waals surface area contributed by atoms with E-state index in [0.29, 0.717) is 17.4 Å². The van der Waals surface area contributed by atoms with Crippen LogP contribution < -0.4 is 5.32 Å². The lowest BCUT2D eigenvalue weighted by Crippen LogP contribution is -2.45. The SMILES string of the molecule is CCCCCCCCCCC/C=C/CC/C=C/C(O)C(COP(=O)(O)OCC[N+](C)(C)C)NC(=O)CCCCCCCCCCCCCCCCC/C=C\CCCCCCCCCCCCCC. The van der Waals surface area contributed by atoms with Gasteiger partial charge in [-0.2, -0.15) is 0 Å². The molecule has 0 saturated heterocycles. The summed E-state index contributed by atoms with van der Waals surface area (Å²) in [6, 6.07) is -0.862. The van der Waals surface area contributed by atoms with Crippen LogP contribution in [-0.2, 0) is 18.4 Å². The second kappa shape index (κ2) is 50.7.